The summed E-state index contributed by atoms with van der Waals surface area (Å²) in [6.07, 6.45) is 4.57. The van der Waals surface area contributed by atoms with Crippen LogP contribution in [0.4, 0.5) is 0 Å². The number of carbonyl (C=O) groups excluding carboxylic acids is 1. The highest BCUT2D eigenvalue weighted by Crippen LogP contribution is 2.38. The van der Waals surface area contributed by atoms with Crippen molar-refractivity contribution in [2.24, 2.45) is 5.41 Å². The van der Waals surface area contributed by atoms with Gasteiger partial charge in [0.1, 0.15) is 12.0 Å². The first-order valence-corrected chi connectivity index (χ1v) is 13.0. The molecular formula is C32H34N2O2. The molecule has 1 aliphatic heterocycles. The van der Waals surface area contributed by atoms with Gasteiger partial charge in [0.15, 0.2) is 0 Å². The number of hydrogen-bond acceptors (Lipinski definition) is 4. The van der Waals surface area contributed by atoms with Crippen molar-refractivity contribution in [3.63, 3.8) is 0 Å². The lowest BCUT2D eigenvalue weighted by Crippen LogP contribution is -2.48. The van der Waals surface area contributed by atoms with Crippen molar-refractivity contribution in [2.45, 2.75) is 51.2 Å². The van der Waals surface area contributed by atoms with E-state index in [4.69, 9.17) is 4.74 Å². The predicted octanol–water partition coefficient (Wildman–Crippen LogP) is 6.82. The standard InChI is InChI=1S/C32H34N2O2/c1-3-32(2)20-18-28(34-22-32)30(26-19-21-33-27-17-11-10-16-25(26)27)36-31(35)29(23-12-6-4-7-13-23)24-14-8-5-9-15-24/h4-17,19,21,28-30,34H,3,18,20,22H2,1-2H3/t28-,30+,32+/m1/s1. The van der Waals surface area contributed by atoms with Gasteiger partial charge in [-0.25, -0.2) is 0 Å². The van der Waals surface area contributed by atoms with E-state index in [1.807, 2.05) is 91.1 Å². The van der Waals surface area contributed by atoms with Crippen molar-refractivity contribution in [1.29, 1.82) is 0 Å². The smallest absolute Gasteiger partial charge is 0.318 e. The number of fused-ring (bicyclic) bond motifs is 1. The highest BCUT2D eigenvalue weighted by atomic mass is 16.5. The van der Waals surface area contributed by atoms with E-state index in [1.165, 1.54) is 0 Å². The Labute approximate surface area is 213 Å². The Bertz CT molecular complexity index is 1250. The molecular weight excluding hydrogens is 444 g/mol. The molecule has 3 aromatic carbocycles. The van der Waals surface area contributed by atoms with Gasteiger partial charge in [0.05, 0.1) is 5.52 Å². The maximum Gasteiger partial charge on any atom is 0.318 e. The van der Waals surface area contributed by atoms with Crippen LogP contribution in [0.3, 0.4) is 0 Å². The molecule has 1 N–H and O–H groups in total. The molecule has 3 atom stereocenters. The summed E-state index contributed by atoms with van der Waals surface area (Å²) in [5.41, 5.74) is 4.05. The Kier molecular flexibility index (Phi) is 7.15. The van der Waals surface area contributed by atoms with E-state index in [0.29, 0.717) is 0 Å². The number of aromatic nitrogens is 1. The molecule has 4 aromatic rings. The largest absolute Gasteiger partial charge is 0.455 e. The van der Waals surface area contributed by atoms with E-state index >= 15 is 0 Å². The molecule has 184 valence electrons. The number of benzene rings is 3. The molecule has 4 heteroatoms. The van der Waals surface area contributed by atoms with Gasteiger partial charge in [-0.05, 0) is 47.9 Å². The van der Waals surface area contributed by atoms with Crippen molar-refractivity contribution < 1.29 is 9.53 Å². The van der Waals surface area contributed by atoms with Gasteiger partial charge in [-0.3, -0.25) is 9.78 Å². The lowest BCUT2D eigenvalue weighted by Gasteiger charge is -2.40. The minimum absolute atomic E-state index is 0.0339. The molecule has 0 amide bonds. The van der Waals surface area contributed by atoms with Gasteiger partial charge < -0.3 is 10.1 Å². The third kappa shape index (κ3) is 5.05. The third-order valence-electron chi connectivity index (χ3n) is 7.80. The minimum Gasteiger partial charge on any atom is -0.455 e. The molecule has 4 nitrogen and oxygen atoms in total. The number of esters is 1. The van der Waals surface area contributed by atoms with E-state index in [1.54, 1.807) is 0 Å². The Morgan fingerprint density at radius 1 is 0.972 bits per heavy atom. The number of rotatable bonds is 7. The Hall–Kier alpha value is -3.50. The van der Waals surface area contributed by atoms with Crippen LogP contribution in [0.25, 0.3) is 10.9 Å². The topological polar surface area (TPSA) is 51.2 Å². The summed E-state index contributed by atoms with van der Waals surface area (Å²) in [4.78, 5) is 18.6. The van der Waals surface area contributed by atoms with Crippen LogP contribution in [-0.4, -0.2) is 23.5 Å². The van der Waals surface area contributed by atoms with Crippen molar-refractivity contribution in [3.05, 3.63) is 114 Å². The van der Waals surface area contributed by atoms with E-state index in [-0.39, 0.29) is 17.4 Å². The number of carbonyl (C=O) groups is 1. The van der Waals surface area contributed by atoms with Crippen LogP contribution in [0.15, 0.2) is 97.2 Å². The molecule has 0 aliphatic carbocycles. The molecule has 1 aromatic heterocycles. The average Bonchev–Trinajstić information content (AvgIpc) is 2.93. The van der Waals surface area contributed by atoms with E-state index in [0.717, 1.165) is 53.4 Å². The zero-order chi connectivity index (χ0) is 25.0. The van der Waals surface area contributed by atoms with Crippen LogP contribution in [0.1, 0.15) is 61.8 Å². The average molecular weight is 479 g/mol. The van der Waals surface area contributed by atoms with Gasteiger partial charge in [-0.15, -0.1) is 0 Å². The molecule has 36 heavy (non-hydrogen) atoms. The maximum atomic E-state index is 14.0. The van der Waals surface area contributed by atoms with E-state index in [9.17, 15) is 4.79 Å². The molecule has 0 bridgehead atoms. The number of piperidine rings is 1. The van der Waals surface area contributed by atoms with Gasteiger partial charge in [-0.2, -0.15) is 0 Å². The summed E-state index contributed by atoms with van der Waals surface area (Å²) >= 11 is 0. The Balaban J connectivity index is 1.53. The first kappa shape index (κ1) is 24.2. The van der Waals surface area contributed by atoms with Gasteiger partial charge in [-0.1, -0.05) is 92.7 Å². The lowest BCUT2D eigenvalue weighted by molar-refractivity contribution is -0.152. The molecule has 5 rings (SSSR count). The van der Waals surface area contributed by atoms with E-state index < -0.39 is 12.0 Å². The molecule has 2 heterocycles. The number of nitrogens with zero attached hydrogens (tertiary/aromatic N) is 1. The SMILES string of the molecule is CC[C@@]1(C)CC[C@H]([C@@H](OC(=O)C(c2ccccc2)c2ccccc2)c2ccnc3ccccc23)NC1. The zero-order valence-corrected chi connectivity index (χ0v) is 21.1. The number of hydrogen-bond donors (Lipinski definition) is 1. The zero-order valence-electron chi connectivity index (χ0n) is 21.1. The monoisotopic (exact) mass is 478 g/mol. The Morgan fingerprint density at radius 3 is 2.22 bits per heavy atom. The van der Waals surface area contributed by atoms with Gasteiger partial charge in [0.25, 0.3) is 0 Å². The van der Waals surface area contributed by atoms with Crippen LogP contribution < -0.4 is 5.32 Å². The van der Waals surface area contributed by atoms with Gasteiger partial charge in [0.2, 0.25) is 0 Å². The normalized spacial score (nSPS) is 20.8. The second-order valence-corrected chi connectivity index (χ2v) is 10.2. The van der Waals surface area contributed by atoms with Crippen LogP contribution >= 0.6 is 0 Å². The highest BCUT2D eigenvalue weighted by Gasteiger charge is 2.37. The number of pyridine rings is 1. The second kappa shape index (κ2) is 10.6. The third-order valence-corrected chi connectivity index (χ3v) is 7.80. The maximum absolute atomic E-state index is 14.0. The number of ether oxygens (including phenoxy) is 1. The van der Waals surface area contributed by atoms with Crippen LogP contribution in [-0.2, 0) is 9.53 Å². The quantitative estimate of drug-likeness (QED) is 0.296. The van der Waals surface area contributed by atoms with Gasteiger partial charge in [0, 0.05) is 29.7 Å². The van der Waals surface area contributed by atoms with Gasteiger partial charge >= 0.3 is 5.97 Å². The highest BCUT2D eigenvalue weighted by molar-refractivity contribution is 5.85. The van der Waals surface area contributed by atoms with Crippen LogP contribution in [0.5, 0.6) is 0 Å². The fourth-order valence-electron chi connectivity index (χ4n) is 5.31. The lowest BCUT2D eigenvalue weighted by atomic mass is 9.77. The van der Waals surface area contributed by atoms with Crippen molar-refractivity contribution in [2.75, 3.05) is 6.54 Å². The summed E-state index contributed by atoms with van der Waals surface area (Å²) in [5, 5.41) is 4.78. The summed E-state index contributed by atoms with van der Waals surface area (Å²) < 4.78 is 6.53. The summed E-state index contributed by atoms with van der Waals surface area (Å²) in [6.45, 7) is 5.49. The Morgan fingerprint density at radius 2 is 1.61 bits per heavy atom. The predicted molar refractivity (Wildman–Crippen MR) is 145 cm³/mol. The molecule has 1 aliphatic rings. The summed E-state index contributed by atoms with van der Waals surface area (Å²) in [6, 6.07) is 30.0. The summed E-state index contributed by atoms with van der Waals surface area (Å²) in [5.74, 6) is -0.726. The first-order chi connectivity index (χ1) is 17.6. The number of nitrogens with one attached hydrogen (secondary N) is 1. The number of para-hydroxylation sites is 1. The molecule has 0 radical (unpaired) electrons. The minimum atomic E-state index is -0.493. The second-order valence-electron chi connectivity index (χ2n) is 10.2. The van der Waals surface area contributed by atoms with Crippen LogP contribution in [0, 0.1) is 5.41 Å². The fourth-order valence-corrected chi connectivity index (χ4v) is 5.31. The first-order valence-electron chi connectivity index (χ1n) is 13.0. The molecule has 1 fully saturated rings. The van der Waals surface area contributed by atoms with Crippen molar-refractivity contribution >= 4 is 16.9 Å². The molecule has 1 saturated heterocycles. The molecule has 0 spiro atoms. The van der Waals surface area contributed by atoms with Crippen molar-refractivity contribution in [1.82, 2.24) is 10.3 Å². The molecule has 0 saturated carbocycles. The fraction of sp³-hybridized carbons (Fsp3) is 0.312. The molecule has 0 unspecified atom stereocenters. The summed E-state index contributed by atoms with van der Waals surface area (Å²) in [7, 11) is 0. The van der Waals surface area contributed by atoms with Crippen molar-refractivity contribution in [3.8, 4) is 0 Å². The van der Waals surface area contributed by atoms with Crippen LogP contribution in [0.2, 0.25) is 0 Å². The van der Waals surface area contributed by atoms with E-state index in [2.05, 4.69) is 30.2 Å².